The summed E-state index contributed by atoms with van der Waals surface area (Å²) in [5.41, 5.74) is 0. The quantitative estimate of drug-likeness (QED) is 0.739. The lowest BCUT2D eigenvalue weighted by atomic mass is 10.0. The molecule has 0 aromatic heterocycles. The Bertz CT molecular complexity index is 235. The third kappa shape index (κ3) is 3.09. The maximum absolute atomic E-state index is 11.6. The summed E-state index contributed by atoms with van der Waals surface area (Å²) in [5, 5.41) is 5.88. The van der Waals surface area contributed by atoms with E-state index < -0.39 is 0 Å². The van der Waals surface area contributed by atoms with E-state index in [9.17, 15) is 4.79 Å². The molecule has 2 heterocycles. The van der Waals surface area contributed by atoms with Gasteiger partial charge in [-0.05, 0) is 19.8 Å². The first kappa shape index (κ1) is 11.7. The van der Waals surface area contributed by atoms with E-state index in [1.807, 2.05) is 6.92 Å². The van der Waals surface area contributed by atoms with E-state index in [0.717, 1.165) is 32.7 Å². The van der Waals surface area contributed by atoms with Gasteiger partial charge in [0.1, 0.15) is 0 Å². The van der Waals surface area contributed by atoms with E-state index in [1.54, 1.807) is 0 Å². The molecule has 5 nitrogen and oxygen atoms in total. The molecule has 2 fully saturated rings. The second kappa shape index (κ2) is 5.50. The average molecular weight is 228 g/mol. The van der Waals surface area contributed by atoms with Crippen LogP contribution in [0.3, 0.4) is 0 Å². The third-order valence-electron chi connectivity index (χ3n) is 3.30. The summed E-state index contributed by atoms with van der Waals surface area (Å²) in [7, 11) is 0. The Morgan fingerprint density at radius 3 is 2.62 bits per heavy atom. The van der Waals surface area contributed by atoms with Crippen molar-refractivity contribution in [3.05, 3.63) is 0 Å². The molecule has 0 spiro atoms. The van der Waals surface area contributed by atoms with Crippen LogP contribution in [0.15, 0.2) is 0 Å². The molecule has 2 rings (SSSR count). The van der Waals surface area contributed by atoms with E-state index >= 15 is 0 Å². The molecule has 0 aliphatic carbocycles. The molecule has 0 aromatic carbocycles. The highest BCUT2D eigenvalue weighted by atomic mass is 16.5. The molecule has 2 aliphatic heterocycles. The van der Waals surface area contributed by atoms with Gasteiger partial charge in [-0.1, -0.05) is 0 Å². The number of carbonyl (C=O) groups excluding carboxylic acids is 1. The molecule has 2 aliphatic rings. The van der Waals surface area contributed by atoms with Crippen molar-refractivity contribution in [2.75, 3.05) is 26.4 Å². The largest absolute Gasteiger partial charge is 0.381 e. The van der Waals surface area contributed by atoms with Gasteiger partial charge in [0.2, 0.25) is 0 Å². The average Bonchev–Trinajstić information content (AvgIpc) is 2.88. The Kier molecular flexibility index (Phi) is 4.01. The zero-order valence-corrected chi connectivity index (χ0v) is 9.70. The standard InChI is InChI=1S/C11H20N2O3/c1-8(9-2-4-15-6-9)12-11(14)13-10-3-5-16-7-10/h8-10H,2-7H2,1H3,(H2,12,13,14). The Morgan fingerprint density at radius 1 is 1.25 bits per heavy atom. The lowest BCUT2D eigenvalue weighted by Gasteiger charge is -2.20. The van der Waals surface area contributed by atoms with Crippen LogP contribution in [0.2, 0.25) is 0 Å². The highest BCUT2D eigenvalue weighted by molar-refractivity contribution is 5.74. The zero-order valence-electron chi connectivity index (χ0n) is 9.70. The van der Waals surface area contributed by atoms with Crippen molar-refractivity contribution in [1.29, 1.82) is 0 Å². The van der Waals surface area contributed by atoms with Crippen molar-refractivity contribution in [2.45, 2.75) is 31.8 Å². The van der Waals surface area contributed by atoms with Crippen LogP contribution in [0.5, 0.6) is 0 Å². The first-order valence-electron chi connectivity index (χ1n) is 5.98. The van der Waals surface area contributed by atoms with Gasteiger partial charge < -0.3 is 20.1 Å². The predicted octanol–water partition coefficient (Wildman–Crippen LogP) is 0.500. The van der Waals surface area contributed by atoms with Crippen LogP contribution in [0, 0.1) is 5.92 Å². The summed E-state index contributed by atoms with van der Waals surface area (Å²) >= 11 is 0. The normalized spacial score (nSPS) is 31.3. The van der Waals surface area contributed by atoms with Crippen LogP contribution in [0.25, 0.3) is 0 Å². The predicted molar refractivity (Wildman–Crippen MR) is 59.3 cm³/mol. The number of hydrogen-bond acceptors (Lipinski definition) is 3. The van der Waals surface area contributed by atoms with Gasteiger partial charge in [0, 0.05) is 25.2 Å². The van der Waals surface area contributed by atoms with Crippen molar-refractivity contribution >= 4 is 6.03 Å². The zero-order chi connectivity index (χ0) is 11.4. The van der Waals surface area contributed by atoms with E-state index in [2.05, 4.69) is 10.6 Å². The smallest absolute Gasteiger partial charge is 0.315 e. The molecule has 2 saturated heterocycles. The minimum Gasteiger partial charge on any atom is -0.381 e. The fourth-order valence-corrected chi connectivity index (χ4v) is 2.15. The molecule has 3 unspecified atom stereocenters. The van der Waals surface area contributed by atoms with Crippen molar-refractivity contribution in [3.8, 4) is 0 Å². The summed E-state index contributed by atoms with van der Waals surface area (Å²) < 4.78 is 10.5. The number of amides is 2. The third-order valence-corrected chi connectivity index (χ3v) is 3.30. The van der Waals surface area contributed by atoms with E-state index in [0.29, 0.717) is 12.5 Å². The van der Waals surface area contributed by atoms with Crippen LogP contribution in [-0.2, 0) is 9.47 Å². The summed E-state index contributed by atoms with van der Waals surface area (Å²) in [5.74, 6) is 0.450. The van der Waals surface area contributed by atoms with Crippen molar-refractivity contribution in [3.63, 3.8) is 0 Å². The van der Waals surface area contributed by atoms with Crippen molar-refractivity contribution < 1.29 is 14.3 Å². The minimum absolute atomic E-state index is 0.0881. The van der Waals surface area contributed by atoms with Crippen LogP contribution in [-0.4, -0.2) is 44.5 Å². The maximum atomic E-state index is 11.6. The Labute approximate surface area is 95.9 Å². The van der Waals surface area contributed by atoms with E-state index in [4.69, 9.17) is 9.47 Å². The van der Waals surface area contributed by atoms with Gasteiger partial charge in [-0.2, -0.15) is 0 Å². The number of urea groups is 1. The number of rotatable bonds is 3. The monoisotopic (exact) mass is 228 g/mol. The fraction of sp³-hybridized carbons (Fsp3) is 0.909. The molecule has 5 heteroatoms. The number of ether oxygens (including phenoxy) is 2. The first-order chi connectivity index (χ1) is 7.75. The molecule has 92 valence electrons. The molecule has 0 saturated carbocycles. The van der Waals surface area contributed by atoms with Crippen molar-refractivity contribution in [1.82, 2.24) is 10.6 Å². The van der Waals surface area contributed by atoms with Gasteiger partial charge >= 0.3 is 6.03 Å². The summed E-state index contributed by atoms with van der Waals surface area (Å²) in [6.45, 7) is 4.98. The van der Waals surface area contributed by atoms with Gasteiger partial charge in [0.25, 0.3) is 0 Å². The summed E-state index contributed by atoms with van der Waals surface area (Å²) in [6, 6.07) is 0.256. The molecule has 0 aromatic rings. The van der Waals surface area contributed by atoms with Gasteiger partial charge in [-0.25, -0.2) is 4.79 Å². The van der Waals surface area contributed by atoms with Crippen LogP contribution >= 0.6 is 0 Å². The summed E-state index contributed by atoms with van der Waals surface area (Å²) in [4.78, 5) is 11.6. The highest BCUT2D eigenvalue weighted by Crippen LogP contribution is 2.16. The van der Waals surface area contributed by atoms with E-state index in [1.165, 1.54) is 0 Å². The first-order valence-corrected chi connectivity index (χ1v) is 5.98. The van der Waals surface area contributed by atoms with E-state index in [-0.39, 0.29) is 18.1 Å². The second-order valence-corrected chi connectivity index (χ2v) is 4.59. The topological polar surface area (TPSA) is 59.6 Å². The van der Waals surface area contributed by atoms with Crippen LogP contribution in [0.1, 0.15) is 19.8 Å². The second-order valence-electron chi connectivity index (χ2n) is 4.59. The van der Waals surface area contributed by atoms with Gasteiger partial charge in [-0.15, -0.1) is 0 Å². The Morgan fingerprint density at radius 2 is 2.00 bits per heavy atom. The summed E-state index contributed by atoms with van der Waals surface area (Å²) in [6.07, 6.45) is 1.95. The fourth-order valence-electron chi connectivity index (χ4n) is 2.15. The molecule has 2 N–H and O–H groups in total. The van der Waals surface area contributed by atoms with Crippen LogP contribution < -0.4 is 10.6 Å². The molecule has 16 heavy (non-hydrogen) atoms. The highest BCUT2D eigenvalue weighted by Gasteiger charge is 2.24. The maximum Gasteiger partial charge on any atom is 0.315 e. The van der Waals surface area contributed by atoms with Crippen molar-refractivity contribution in [2.24, 2.45) is 5.92 Å². The molecule has 3 atom stereocenters. The SMILES string of the molecule is CC(NC(=O)NC1CCOC1)C1CCOC1. The molecule has 2 amide bonds. The lowest BCUT2D eigenvalue weighted by Crippen LogP contribution is -2.47. The minimum atomic E-state index is -0.0881. The lowest BCUT2D eigenvalue weighted by molar-refractivity contribution is 0.176. The Balaban J connectivity index is 1.68. The Hall–Kier alpha value is -0.810. The molecular weight excluding hydrogens is 208 g/mol. The van der Waals surface area contributed by atoms with Gasteiger partial charge in [0.15, 0.2) is 0 Å². The number of nitrogens with one attached hydrogen (secondary N) is 2. The van der Waals surface area contributed by atoms with Gasteiger partial charge in [0.05, 0.1) is 19.3 Å². The molecule has 0 radical (unpaired) electrons. The molecule has 0 bridgehead atoms. The molecular formula is C11H20N2O3. The number of carbonyl (C=O) groups is 1. The number of hydrogen-bond donors (Lipinski definition) is 2. The van der Waals surface area contributed by atoms with Crippen LogP contribution in [0.4, 0.5) is 4.79 Å². The van der Waals surface area contributed by atoms with Gasteiger partial charge in [-0.3, -0.25) is 0 Å².